The number of anilines is 1. The van der Waals surface area contributed by atoms with Crippen molar-refractivity contribution in [3.63, 3.8) is 0 Å². The quantitative estimate of drug-likeness (QED) is 0.742. The molecule has 6 heteroatoms. The van der Waals surface area contributed by atoms with Crippen molar-refractivity contribution in [1.29, 1.82) is 0 Å². The molecule has 3 aliphatic heterocycles. The van der Waals surface area contributed by atoms with Crippen molar-refractivity contribution in [2.24, 2.45) is 11.8 Å². The van der Waals surface area contributed by atoms with Gasteiger partial charge in [-0.3, -0.25) is 14.5 Å². The molecule has 2 aromatic rings. The van der Waals surface area contributed by atoms with E-state index in [4.69, 9.17) is 11.6 Å². The maximum Gasteiger partial charge on any atom is 0.239 e. The van der Waals surface area contributed by atoms with Gasteiger partial charge in [0.05, 0.1) is 17.5 Å². The number of nitrogens with zero attached hydrogens (tertiary/aromatic N) is 2. The van der Waals surface area contributed by atoms with Crippen molar-refractivity contribution >= 4 is 40.9 Å². The molecule has 132 valence electrons. The number of carbonyl (C=O) groups is 2. The minimum Gasteiger partial charge on any atom is -0.282 e. The first-order chi connectivity index (χ1) is 12.7. The van der Waals surface area contributed by atoms with Crippen LogP contribution in [-0.2, 0) is 9.59 Å². The Morgan fingerprint density at radius 3 is 2.50 bits per heavy atom. The van der Waals surface area contributed by atoms with Crippen molar-refractivity contribution in [2.45, 2.75) is 12.1 Å². The van der Waals surface area contributed by atoms with Crippen LogP contribution in [0.2, 0.25) is 5.02 Å². The van der Waals surface area contributed by atoms with Crippen molar-refractivity contribution in [3.05, 3.63) is 65.2 Å². The van der Waals surface area contributed by atoms with Crippen LogP contribution in [0, 0.1) is 11.8 Å². The third-order valence-electron chi connectivity index (χ3n) is 5.67. The largest absolute Gasteiger partial charge is 0.282 e. The average molecular weight is 385 g/mol. The fraction of sp³-hybridized carbons (Fsp3) is 0.300. The Labute approximate surface area is 161 Å². The summed E-state index contributed by atoms with van der Waals surface area (Å²) >= 11 is 8.04. The first-order valence-corrected chi connectivity index (χ1v) is 10.2. The number of halogens is 1. The summed E-state index contributed by atoms with van der Waals surface area (Å²) in [5.74, 6) is 0.971. The molecule has 4 nitrogen and oxygen atoms in total. The summed E-state index contributed by atoms with van der Waals surface area (Å²) in [5.41, 5.74) is 1.69. The van der Waals surface area contributed by atoms with Gasteiger partial charge < -0.3 is 0 Å². The van der Waals surface area contributed by atoms with E-state index in [2.05, 4.69) is 4.90 Å². The zero-order valence-corrected chi connectivity index (χ0v) is 15.5. The Bertz CT molecular complexity index is 890. The van der Waals surface area contributed by atoms with E-state index in [0.717, 1.165) is 17.2 Å². The van der Waals surface area contributed by atoms with Crippen LogP contribution in [0.3, 0.4) is 0 Å². The van der Waals surface area contributed by atoms with Gasteiger partial charge in [-0.2, -0.15) is 0 Å². The summed E-state index contributed by atoms with van der Waals surface area (Å²) in [6, 6.07) is 17.0. The normalized spacial score (nSPS) is 30.7. The van der Waals surface area contributed by atoms with Gasteiger partial charge in [0.15, 0.2) is 0 Å². The summed E-state index contributed by atoms with van der Waals surface area (Å²) in [5, 5.41) is 0.658. The molecule has 0 radical (unpaired) electrons. The molecule has 2 aromatic carbocycles. The number of carbonyl (C=O) groups excluding carboxylic acids is 2. The third-order valence-corrected chi connectivity index (χ3v) is 6.96. The van der Waals surface area contributed by atoms with E-state index >= 15 is 0 Å². The van der Waals surface area contributed by atoms with Crippen LogP contribution in [0.1, 0.15) is 11.6 Å². The molecule has 26 heavy (non-hydrogen) atoms. The van der Waals surface area contributed by atoms with E-state index in [-0.39, 0.29) is 35.7 Å². The average Bonchev–Trinajstić information content (AvgIpc) is 3.28. The highest BCUT2D eigenvalue weighted by Crippen LogP contribution is 2.54. The zero-order chi connectivity index (χ0) is 17.8. The molecular formula is C20H17ClN2O2S. The third kappa shape index (κ3) is 2.27. The fourth-order valence-corrected chi connectivity index (χ4v) is 6.15. The van der Waals surface area contributed by atoms with Gasteiger partial charge in [0.1, 0.15) is 0 Å². The Morgan fingerprint density at radius 2 is 1.73 bits per heavy atom. The number of imide groups is 1. The van der Waals surface area contributed by atoms with E-state index in [1.807, 2.05) is 66.4 Å². The SMILES string of the molecule is O=C1[C@@H]2[C@@H](C(=O)N1c1ccccc1)[C@@H]1CSCN1[C@@H]2c1cccc(Cl)c1. The molecule has 0 unspecified atom stereocenters. The van der Waals surface area contributed by atoms with E-state index in [1.54, 1.807) is 0 Å². The first kappa shape index (κ1) is 16.4. The van der Waals surface area contributed by atoms with Crippen molar-refractivity contribution < 1.29 is 9.59 Å². The van der Waals surface area contributed by atoms with Gasteiger partial charge in [0, 0.05) is 28.7 Å². The summed E-state index contributed by atoms with van der Waals surface area (Å²) in [7, 11) is 0. The van der Waals surface area contributed by atoms with E-state index < -0.39 is 0 Å². The highest BCUT2D eigenvalue weighted by Gasteiger charge is 2.63. The van der Waals surface area contributed by atoms with Gasteiger partial charge in [0.2, 0.25) is 11.8 Å². The second-order valence-corrected chi connectivity index (χ2v) is 8.42. The molecule has 0 aromatic heterocycles. The molecule has 3 saturated heterocycles. The van der Waals surface area contributed by atoms with Crippen LogP contribution in [0.15, 0.2) is 54.6 Å². The Morgan fingerprint density at radius 1 is 0.962 bits per heavy atom. The molecule has 0 N–H and O–H groups in total. The maximum absolute atomic E-state index is 13.3. The molecule has 0 saturated carbocycles. The topological polar surface area (TPSA) is 40.6 Å². The number of thioether (sulfide) groups is 1. The van der Waals surface area contributed by atoms with Crippen LogP contribution in [0.5, 0.6) is 0 Å². The molecule has 0 spiro atoms. The zero-order valence-electron chi connectivity index (χ0n) is 13.9. The second kappa shape index (κ2) is 6.12. The maximum atomic E-state index is 13.3. The van der Waals surface area contributed by atoms with Gasteiger partial charge in [-0.1, -0.05) is 41.9 Å². The van der Waals surface area contributed by atoms with Gasteiger partial charge in [-0.25, -0.2) is 4.90 Å². The number of benzene rings is 2. The van der Waals surface area contributed by atoms with Gasteiger partial charge in [-0.05, 0) is 29.8 Å². The number of hydrogen-bond acceptors (Lipinski definition) is 4. The molecule has 3 heterocycles. The van der Waals surface area contributed by atoms with Gasteiger partial charge >= 0.3 is 0 Å². The number of amides is 2. The molecule has 2 amide bonds. The highest BCUT2D eigenvalue weighted by atomic mass is 35.5. The monoisotopic (exact) mass is 384 g/mol. The molecule has 3 fully saturated rings. The lowest BCUT2D eigenvalue weighted by molar-refractivity contribution is -0.123. The Hall–Kier alpha value is -1.82. The van der Waals surface area contributed by atoms with E-state index in [1.165, 1.54) is 4.90 Å². The molecule has 0 aliphatic carbocycles. The molecular weight excluding hydrogens is 368 g/mol. The van der Waals surface area contributed by atoms with Crippen LogP contribution in [0.25, 0.3) is 0 Å². The van der Waals surface area contributed by atoms with Crippen LogP contribution in [0.4, 0.5) is 5.69 Å². The molecule has 0 bridgehead atoms. The highest BCUT2D eigenvalue weighted by molar-refractivity contribution is 7.99. The Kier molecular flexibility index (Phi) is 3.85. The van der Waals surface area contributed by atoms with Crippen molar-refractivity contribution in [1.82, 2.24) is 4.90 Å². The summed E-state index contributed by atoms with van der Waals surface area (Å²) in [4.78, 5) is 30.3. The van der Waals surface area contributed by atoms with Crippen LogP contribution < -0.4 is 4.90 Å². The lowest BCUT2D eigenvalue weighted by Gasteiger charge is -2.28. The lowest BCUT2D eigenvalue weighted by atomic mass is 9.87. The van der Waals surface area contributed by atoms with Crippen LogP contribution >= 0.6 is 23.4 Å². The van der Waals surface area contributed by atoms with Crippen LogP contribution in [-0.4, -0.2) is 34.4 Å². The smallest absolute Gasteiger partial charge is 0.239 e. The predicted molar refractivity (Wildman–Crippen MR) is 103 cm³/mol. The first-order valence-electron chi connectivity index (χ1n) is 8.68. The minimum atomic E-state index is -0.341. The summed E-state index contributed by atoms with van der Waals surface area (Å²) < 4.78 is 0. The predicted octanol–water partition coefficient (Wildman–Crippen LogP) is 3.58. The second-order valence-electron chi connectivity index (χ2n) is 6.98. The summed E-state index contributed by atoms with van der Waals surface area (Å²) in [6.45, 7) is 0. The number of fused-ring (bicyclic) bond motifs is 3. The molecule has 5 rings (SSSR count). The van der Waals surface area contributed by atoms with E-state index in [9.17, 15) is 9.59 Å². The minimum absolute atomic E-state index is 0.0618. The van der Waals surface area contributed by atoms with Gasteiger partial charge in [0.25, 0.3) is 0 Å². The van der Waals surface area contributed by atoms with Crippen molar-refractivity contribution in [2.75, 3.05) is 16.5 Å². The number of para-hydroxylation sites is 1. The summed E-state index contributed by atoms with van der Waals surface area (Å²) in [6.07, 6.45) is 0. The molecule has 4 atom stereocenters. The van der Waals surface area contributed by atoms with Gasteiger partial charge in [-0.15, -0.1) is 11.8 Å². The number of hydrogen-bond donors (Lipinski definition) is 0. The lowest BCUT2D eigenvalue weighted by Crippen LogP contribution is -2.40. The standard InChI is InChI=1S/C20H17ClN2O2S/c21-13-6-4-5-12(9-13)18-17-16(15-10-26-11-22(15)18)19(24)23(20(17)25)14-7-2-1-3-8-14/h1-9,15-18H,10-11H2/t15-,16-,17+,18+/m0/s1. The van der Waals surface area contributed by atoms with E-state index in [0.29, 0.717) is 10.7 Å². The van der Waals surface area contributed by atoms with Crippen molar-refractivity contribution in [3.8, 4) is 0 Å². The Balaban J connectivity index is 1.60. The molecule has 3 aliphatic rings. The number of rotatable bonds is 2. The fourth-order valence-electron chi connectivity index (χ4n) is 4.64.